The van der Waals surface area contributed by atoms with Gasteiger partial charge in [0.1, 0.15) is 11.3 Å². The number of rotatable bonds is 0. The van der Waals surface area contributed by atoms with Gasteiger partial charge in [0.25, 0.3) is 0 Å². The monoisotopic (exact) mass is 529 g/mol. The normalized spacial score (nSPS) is 12.0. The molecule has 3 aromatic heterocycles. The SMILES string of the molecule is Nn1c2nc3nc(nc4[nH]c(nc5nc(nc1c1ccccc12)-c1ccccc1-5)c1ccccc41)-c1ccccc1-3. The largest absolute Gasteiger partial charge is 0.336 e. The lowest BCUT2D eigenvalue weighted by Crippen LogP contribution is -2.09. The fraction of sp³-hybridized carbons (Fsp3) is 0. The van der Waals surface area contributed by atoms with Crippen molar-refractivity contribution in [3.05, 3.63) is 97.1 Å². The molecule has 0 aliphatic carbocycles. The first-order valence-corrected chi connectivity index (χ1v) is 13.2. The Balaban J connectivity index is 1.53. The molecule has 0 atom stereocenters. The van der Waals surface area contributed by atoms with E-state index in [-0.39, 0.29) is 0 Å². The highest BCUT2D eigenvalue weighted by Gasteiger charge is 2.22. The summed E-state index contributed by atoms with van der Waals surface area (Å²) in [4.78, 5) is 33.3. The van der Waals surface area contributed by atoms with Gasteiger partial charge in [0, 0.05) is 43.8 Å². The van der Waals surface area contributed by atoms with E-state index in [0.717, 1.165) is 43.8 Å². The number of aromatic nitrogens is 8. The summed E-state index contributed by atoms with van der Waals surface area (Å²) in [6.07, 6.45) is 0. The van der Waals surface area contributed by atoms with Gasteiger partial charge in [-0.25, -0.2) is 34.6 Å². The first kappa shape index (κ1) is 21.9. The number of benzene rings is 4. The van der Waals surface area contributed by atoms with Crippen molar-refractivity contribution in [1.82, 2.24) is 39.6 Å². The molecule has 4 aromatic carbocycles. The topological polar surface area (TPSA) is 124 Å². The maximum Gasteiger partial charge on any atom is 0.164 e. The first-order valence-electron chi connectivity index (χ1n) is 13.2. The van der Waals surface area contributed by atoms with E-state index in [4.69, 9.17) is 35.7 Å². The van der Waals surface area contributed by atoms with E-state index in [9.17, 15) is 0 Å². The van der Waals surface area contributed by atoms with Crippen LogP contribution in [0.15, 0.2) is 97.1 Å². The van der Waals surface area contributed by atoms with E-state index in [1.165, 1.54) is 4.68 Å². The number of fused-ring (bicyclic) bond motifs is 20. The number of nitrogens with one attached hydrogen (secondary N) is 1. The minimum atomic E-state index is 0.535. The third-order valence-corrected chi connectivity index (χ3v) is 7.64. The second kappa shape index (κ2) is 8.03. The molecule has 0 radical (unpaired) electrons. The Bertz CT molecular complexity index is 2240. The van der Waals surface area contributed by atoms with Crippen LogP contribution in [0.2, 0.25) is 0 Å². The third-order valence-electron chi connectivity index (χ3n) is 7.64. The Morgan fingerprint density at radius 2 is 0.756 bits per heavy atom. The van der Waals surface area contributed by atoms with Gasteiger partial charge in [0.15, 0.2) is 34.6 Å². The van der Waals surface area contributed by atoms with E-state index < -0.39 is 0 Å². The van der Waals surface area contributed by atoms with Crippen molar-refractivity contribution in [2.24, 2.45) is 0 Å². The number of hydrogen-bond acceptors (Lipinski definition) is 7. The van der Waals surface area contributed by atoms with Crippen molar-refractivity contribution in [3.63, 3.8) is 0 Å². The molecular formula is C32H19N9. The summed E-state index contributed by atoms with van der Waals surface area (Å²) in [5, 5.41) is 3.61. The number of aromatic amines is 1. The van der Waals surface area contributed by atoms with Gasteiger partial charge in [-0.1, -0.05) is 97.1 Å². The fourth-order valence-corrected chi connectivity index (χ4v) is 5.72. The van der Waals surface area contributed by atoms with Crippen molar-refractivity contribution in [1.29, 1.82) is 0 Å². The van der Waals surface area contributed by atoms with Crippen molar-refractivity contribution >= 4 is 44.1 Å². The number of nitrogens with zero attached hydrogens (tertiary/aromatic N) is 7. The molecule has 0 fully saturated rings. The zero-order valence-electron chi connectivity index (χ0n) is 21.4. The number of nitrogen functional groups attached to an aromatic ring is 1. The van der Waals surface area contributed by atoms with Crippen LogP contribution in [0, 0.1) is 0 Å². The van der Waals surface area contributed by atoms with Gasteiger partial charge in [-0.3, -0.25) is 0 Å². The minimum absolute atomic E-state index is 0.535. The maximum atomic E-state index is 6.74. The van der Waals surface area contributed by atoms with Gasteiger partial charge in [0.05, 0.1) is 0 Å². The van der Waals surface area contributed by atoms with Crippen LogP contribution in [-0.4, -0.2) is 39.6 Å². The van der Waals surface area contributed by atoms with E-state index in [0.29, 0.717) is 45.9 Å². The fourth-order valence-electron chi connectivity index (χ4n) is 5.72. The summed E-state index contributed by atoms with van der Waals surface area (Å²) in [6.45, 7) is 0. The van der Waals surface area contributed by atoms with Crippen LogP contribution in [-0.2, 0) is 0 Å². The van der Waals surface area contributed by atoms with Crippen LogP contribution in [0.5, 0.6) is 0 Å². The molecule has 5 heterocycles. The Morgan fingerprint density at radius 3 is 1.17 bits per heavy atom. The Morgan fingerprint density at radius 1 is 0.415 bits per heavy atom. The summed E-state index contributed by atoms with van der Waals surface area (Å²) >= 11 is 0. The van der Waals surface area contributed by atoms with Crippen molar-refractivity contribution < 1.29 is 0 Å². The highest BCUT2D eigenvalue weighted by molar-refractivity contribution is 6.06. The summed E-state index contributed by atoms with van der Waals surface area (Å²) in [5.74, 6) is 8.93. The predicted octanol–water partition coefficient (Wildman–Crippen LogP) is 6.06. The van der Waals surface area contributed by atoms with Gasteiger partial charge in [-0.05, 0) is 0 Å². The summed E-state index contributed by atoms with van der Waals surface area (Å²) in [6, 6.07) is 31.9. The van der Waals surface area contributed by atoms with Gasteiger partial charge >= 0.3 is 0 Å². The van der Waals surface area contributed by atoms with Crippen LogP contribution in [0.1, 0.15) is 0 Å². The molecule has 2 aliphatic heterocycles. The zero-order chi connectivity index (χ0) is 27.1. The van der Waals surface area contributed by atoms with Gasteiger partial charge in [-0.2, -0.15) is 0 Å². The maximum absolute atomic E-state index is 6.74. The lowest BCUT2D eigenvalue weighted by molar-refractivity contribution is 1.05. The molecule has 0 saturated heterocycles. The van der Waals surface area contributed by atoms with Crippen LogP contribution < -0.4 is 5.84 Å². The molecule has 2 aliphatic rings. The second-order valence-corrected chi connectivity index (χ2v) is 9.99. The van der Waals surface area contributed by atoms with Crippen molar-refractivity contribution in [3.8, 4) is 45.6 Å². The van der Waals surface area contributed by atoms with E-state index in [1.54, 1.807) is 0 Å². The molecular weight excluding hydrogens is 510 g/mol. The summed E-state index contributed by atoms with van der Waals surface area (Å²) in [7, 11) is 0. The quantitative estimate of drug-likeness (QED) is 0.229. The number of H-pyrrole nitrogens is 1. The number of hydrogen-bond donors (Lipinski definition) is 2. The lowest BCUT2D eigenvalue weighted by Gasteiger charge is -1.98. The van der Waals surface area contributed by atoms with Crippen molar-refractivity contribution in [2.45, 2.75) is 0 Å². The Labute approximate surface area is 232 Å². The summed E-state index contributed by atoms with van der Waals surface area (Å²) < 4.78 is 1.52. The van der Waals surface area contributed by atoms with E-state index in [1.807, 2.05) is 97.1 Å². The summed E-state index contributed by atoms with van der Waals surface area (Å²) in [5.41, 5.74) is 5.98. The van der Waals surface area contributed by atoms with Gasteiger partial charge < -0.3 is 10.8 Å². The molecule has 9 rings (SSSR count). The molecule has 41 heavy (non-hydrogen) atoms. The van der Waals surface area contributed by atoms with E-state index in [2.05, 4.69) is 4.98 Å². The van der Waals surface area contributed by atoms with Crippen LogP contribution in [0.25, 0.3) is 89.7 Å². The molecule has 8 bridgehead atoms. The van der Waals surface area contributed by atoms with Crippen LogP contribution >= 0.6 is 0 Å². The Kier molecular flexibility index (Phi) is 4.29. The van der Waals surface area contributed by atoms with Gasteiger partial charge in [-0.15, -0.1) is 0 Å². The minimum Gasteiger partial charge on any atom is -0.336 e. The third kappa shape index (κ3) is 3.11. The molecule has 192 valence electrons. The molecule has 9 nitrogen and oxygen atoms in total. The lowest BCUT2D eigenvalue weighted by atomic mass is 10.1. The predicted molar refractivity (Wildman–Crippen MR) is 160 cm³/mol. The first-order chi connectivity index (χ1) is 20.2. The molecule has 0 saturated carbocycles. The molecule has 0 unspecified atom stereocenters. The average Bonchev–Trinajstić information content (AvgIpc) is 3.72. The highest BCUT2D eigenvalue weighted by Crippen LogP contribution is 2.36. The highest BCUT2D eigenvalue weighted by atomic mass is 15.3. The van der Waals surface area contributed by atoms with E-state index >= 15 is 0 Å². The smallest absolute Gasteiger partial charge is 0.164 e. The average molecular weight is 530 g/mol. The van der Waals surface area contributed by atoms with Gasteiger partial charge in [0.2, 0.25) is 0 Å². The van der Waals surface area contributed by atoms with Crippen LogP contribution in [0.3, 0.4) is 0 Å². The van der Waals surface area contributed by atoms with Crippen LogP contribution in [0.4, 0.5) is 0 Å². The molecule has 9 heteroatoms. The zero-order valence-corrected chi connectivity index (χ0v) is 21.4. The number of nitrogens with two attached hydrogens (primary N) is 1. The molecule has 3 N–H and O–H groups in total. The molecule has 0 spiro atoms. The molecule has 7 aromatic rings. The van der Waals surface area contributed by atoms with Crippen molar-refractivity contribution in [2.75, 3.05) is 5.84 Å². The standard InChI is InChI=1S/C32H19N9/c33-41-31-23-15-7-8-16-24(23)32(41)40-30-22-14-6-4-12-20(22)28(38-30)36-26-18-10-2-1-9-17(18)25(34-26)35-27-19-11-3-5-13-21(19)29(37-27)39-31/h1-16H,33H2,(H,34,35,36,37,38,39,40). The Hall–Kier alpha value is -5.96. The molecule has 0 amide bonds. The second-order valence-electron chi connectivity index (χ2n) is 9.99.